The Kier molecular flexibility index (Phi) is 4.33. The summed E-state index contributed by atoms with van der Waals surface area (Å²) in [6.45, 7) is 0.907. The maximum absolute atomic E-state index is 11.7. The Morgan fingerprint density at radius 3 is 2.50 bits per heavy atom. The molecule has 20 heavy (non-hydrogen) atoms. The van der Waals surface area contributed by atoms with Crippen molar-refractivity contribution in [1.82, 2.24) is 4.90 Å². The van der Waals surface area contributed by atoms with Crippen LogP contribution in [0.25, 0.3) is 0 Å². The molecule has 0 bridgehead atoms. The first-order valence-corrected chi connectivity index (χ1v) is 7.16. The van der Waals surface area contributed by atoms with Gasteiger partial charge < -0.3 is 15.1 Å². The molecular formula is C16H23NO3. The lowest BCUT2D eigenvalue weighted by Gasteiger charge is -2.26. The number of phenolic OH excluding ortho intramolecular Hbond substituents is 1. The van der Waals surface area contributed by atoms with Crippen molar-refractivity contribution < 1.29 is 15.0 Å². The zero-order chi connectivity index (χ0) is 14.8. The topological polar surface area (TPSA) is 60.8 Å². The van der Waals surface area contributed by atoms with Gasteiger partial charge in [0, 0.05) is 12.1 Å². The van der Waals surface area contributed by atoms with Gasteiger partial charge in [-0.25, -0.2) is 0 Å². The molecule has 0 aromatic heterocycles. The predicted molar refractivity (Wildman–Crippen MR) is 78.1 cm³/mol. The van der Waals surface area contributed by atoms with Crippen LogP contribution < -0.4 is 0 Å². The molecule has 1 aromatic rings. The van der Waals surface area contributed by atoms with Crippen LogP contribution >= 0.6 is 0 Å². The fraction of sp³-hybridized carbons (Fsp3) is 0.562. The van der Waals surface area contributed by atoms with E-state index in [1.807, 2.05) is 26.2 Å². The summed E-state index contributed by atoms with van der Waals surface area (Å²) in [5, 5.41) is 19.7. The Balaban J connectivity index is 2.34. The third-order valence-corrected chi connectivity index (χ3v) is 4.29. The van der Waals surface area contributed by atoms with Crippen molar-refractivity contribution in [2.24, 2.45) is 0 Å². The molecule has 1 aliphatic carbocycles. The SMILES string of the molecule is CN(C)CCc1ccc(O)c(C2(C(=O)O)CCCC2)c1. The molecule has 0 atom stereocenters. The number of aromatic hydroxyl groups is 1. The minimum atomic E-state index is -0.891. The van der Waals surface area contributed by atoms with Crippen LogP contribution in [0.1, 0.15) is 36.8 Å². The third-order valence-electron chi connectivity index (χ3n) is 4.29. The van der Waals surface area contributed by atoms with Gasteiger partial charge in [-0.3, -0.25) is 4.79 Å². The summed E-state index contributed by atoms with van der Waals surface area (Å²) < 4.78 is 0. The molecular weight excluding hydrogens is 254 g/mol. The van der Waals surface area contributed by atoms with E-state index >= 15 is 0 Å². The standard InChI is InChI=1S/C16H23NO3/c1-17(2)10-7-12-5-6-14(18)13(11-12)16(15(19)20)8-3-4-9-16/h5-6,11,18H,3-4,7-10H2,1-2H3,(H,19,20). The molecule has 1 aromatic carbocycles. The van der Waals surface area contributed by atoms with Crippen molar-refractivity contribution in [2.45, 2.75) is 37.5 Å². The highest BCUT2D eigenvalue weighted by atomic mass is 16.4. The lowest BCUT2D eigenvalue weighted by molar-refractivity contribution is -0.143. The van der Waals surface area contributed by atoms with Crippen LogP contribution in [0.5, 0.6) is 5.75 Å². The maximum Gasteiger partial charge on any atom is 0.314 e. The summed E-state index contributed by atoms with van der Waals surface area (Å²) in [4.78, 5) is 13.8. The van der Waals surface area contributed by atoms with Gasteiger partial charge in [0.05, 0.1) is 5.41 Å². The number of aliphatic carboxylic acids is 1. The third kappa shape index (κ3) is 2.80. The molecule has 2 rings (SSSR count). The predicted octanol–water partition coefficient (Wildman–Crippen LogP) is 2.39. The number of rotatable bonds is 5. The number of benzene rings is 1. The Bertz CT molecular complexity index is 490. The quantitative estimate of drug-likeness (QED) is 0.867. The van der Waals surface area contributed by atoms with Crippen molar-refractivity contribution in [3.63, 3.8) is 0 Å². The first-order valence-electron chi connectivity index (χ1n) is 7.16. The van der Waals surface area contributed by atoms with Crippen LogP contribution in [0, 0.1) is 0 Å². The van der Waals surface area contributed by atoms with Crippen molar-refractivity contribution in [2.75, 3.05) is 20.6 Å². The molecule has 1 aliphatic rings. The van der Waals surface area contributed by atoms with Crippen LogP contribution in [-0.4, -0.2) is 41.7 Å². The highest BCUT2D eigenvalue weighted by Gasteiger charge is 2.44. The average molecular weight is 277 g/mol. The zero-order valence-corrected chi connectivity index (χ0v) is 12.2. The second-order valence-corrected chi connectivity index (χ2v) is 6.00. The number of carboxylic acid groups (broad SMARTS) is 1. The van der Waals surface area contributed by atoms with Crippen LogP contribution in [0.15, 0.2) is 18.2 Å². The highest BCUT2D eigenvalue weighted by Crippen LogP contribution is 2.45. The zero-order valence-electron chi connectivity index (χ0n) is 12.2. The minimum absolute atomic E-state index is 0.114. The molecule has 0 spiro atoms. The number of likely N-dealkylation sites (N-methyl/N-ethyl adjacent to an activating group) is 1. The molecule has 1 saturated carbocycles. The normalized spacial score (nSPS) is 17.6. The Hall–Kier alpha value is -1.55. The van der Waals surface area contributed by atoms with Crippen LogP contribution in [0.3, 0.4) is 0 Å². The first kappa shape index (κ1) is 14.9. The van der Waals surface area contributed by atoms with Crippen LogP contribution in [-0.2, 0) is 16.6 Å². The smallest absolute Gasteiger partial charge is 0.314 e. The van der Waals surface area contributed by atoms with Crippen molar-refractivity contribution >= 4 is 5.97 Å². The number of hydrogen-bond acceptors (Lipinski definition) is 3. The van der Waals surface area contributed by atoms with Gasteiger partial charge in [-0.15, -0.1) is 0 Å². The van der Waals surface area contributed by atoms with Gasteiger partial charge in [-0.2, -0.15) is 0 Å². The summed E-state index contributed by atoms with van der Waals surface area (Å²) in [6.07, 6.45) is 3.91. The van der Waals surface area contributed by atoms with E-state index in [-0.39, 0.29) is 5.75 Å². The summed E-state index contributed by atoms with van der Waals surface area (Å²) in [5.74, 6) is -0.696. The van der Waals surface area contributed by atoms with Gasteiger partial charge >= 0.3 is 5.97 Å². The van der Waals surface area contributed by atoms with Crippen LogP contribution in [0.4, 0.5) is 0 Å². The first-order chi connectivity index (χ1) is 9.45. The largest absolute Gasteiger partial charge is 0.508 e. The Morgan fingerprint density at radius 1 is 1.30 bits per heavy atom. The van der Waals surface area contributed by atoms with Crippen molar-refractivity contribution in [3.05, 3.63) is 29.3 Å². The van der Waals surface area contributed by atoms with Gasteiger partial charge in [0.25, 0.3) is 0 Å². The minimum Gasteiger partial charge on any atom is -0.508 e. The molecule has 0 amide bonds. The molecule has 2 N–H and O–H groups in total. The average Bonchev–Trinajstić information content (AvgIpc) is 2.88. The van der Waals surface area contributed by atoms with Gasteiger partial charge in [-0.1, -0.05) is 25.0 Å². The molecule has 0 heterocycles. The summed E-state index contributed by atoms with van der Waals surface area (Å²) in [5.41, 5.74) is 0.788. The van der Waals surface area contributed by atoms with E-state index in [4.69, 9.17) is 0 Å². The van der Waals surface area contributed by atoms with Crippen molar-refractivity contribution in [1.29, 1.82) is 0 Å². The van der Waals surface area contributed by atoms with E-state index in [9.17, 15) is 15.0 Å². The fourth-order valence-electron chi connectivity index (χ4n) is 3.05. The molecule has 0 radical (unpaired) electrons. The fourth-order valence-corrected chi connectivity index (χ4v) is 3.05. The number of hydrogen-bond donors (Lipinski definition) is 2. The van der Waals surface area contributed by atoms with Gasteiger partial charge in [-0.05, 0) is 45.0 Å². The molecule has 0 saturated heterocycles. The van der Waals surface area contributed by atoms with Gasteiger partial charge in [0.1, 0.15) is 5.75 Å². The number of carbonyl (C=O) groups is 1. The van der Waals surface area contributed by atoms with E-state index in [1.54, 1.807) is 6.07 Å². The molecule has 1 fully saturated rings. The Labute approximate surface area is 120 Å². The van der Waals surface area contributed by atoms with Crippen LogP contribution in [0.2, 0.25) is 0 Å². The number of carboxylic acids is 1. The molecule has 0 unspecified atom stereocenters. The number of phenols is 1. The van der Waals surface area contributed by atoms with E-state index < -0.39 is 11.4 Å². The van der Waals surface area contributed by atoms with E-state index in [0.717, 1.165) is 31.4 Å². The lowest BCUT2D eigenvalue weighted by Crippen LogP contribution is -2.32. The second-order valence-electron chi connectivity index (χ2n) is 6.00. The molecule has 110 valence electrons. The van der Waals surface area contributed by atoms with Gasteiger partial charge in [0.2, 0.25) is 0 Å². The number of nitrogens with zero attached hydrogens (tertiary/aromatic N) is 1. The monoisotopic (exact) mass is 277 g/mol. The van der Waals surface area contributed by atoms with E-state index in [0.29, 0.717) is 18.4 Å². The summed E-state index contributed by atoms with van der Waals surface area (Å²) in [7, 11) is 4.02. The molecule has 4 nitrogen and oxygen atoms in total. The van der Waals surface area contributed by atoms with Crippen molar-refractivity contribution in [3.8, 4) is 5.75 Å². The molecule has 4 heteroatoms. The highest BCUT2D eigenvalue weighted by molar-refractivity contribution is 5.83. The second kappa shape index (κ2) is 5.83. The van der Waals surface area contributed by atoms with Gasteiger partial charge in [0.15, 0.2) is 0 Å². The maximum atomic E-state index is 11.7. The van der Waals surface area contributed by atoms with E-state index in [1.165, 1.54) is 0 Å². The summed E-state index contributed by atoms with van der Waals surface area (Å²) >= 11 is 0. The van der Waals surface area contributed by atoms with E-state index in [2.05, 4.69) is 4.90 Å². The summed E-state index contributed by atoms with van der Waals surface area (Å²) in [6, 6.07) is 5.41. The lowest BCUT2D eigenvalue weighted by atomic mass is 9.77. The molecule has 0 aliphatic heterocycles. The Morgan fingerprint density at radius 2 is 1.95 bits per heavy atom.